The van der Waals surface area contributed by atoms with Gasteiger partial charge in [0.2, 0.25) is 21.1 Å². The Morgan fingerprint density at radius 2 is 1.67 bits per heavy atom. The fourth-order valence-corrected chi connectivity index (χ4v) is 5.01. The standard InChI is InChI=1S/C21H24N4O3S2/c1-13-7-10-17(11-8-13)20-23-24-21(29-20)22-19(26)16(4)25(30(5,27)28)18-12-14(2)6-9-15(18)3/h6-12,16H,1-5H3,(H,22,24,26)/t16-/m0/s1. The van der Waals surface area contributed by atoms with Crippen LogP contribution in [0.3, 0.4) is 0 Å². The number of benzene rings is 2. The summed E-state index contributed by atoms with van der Waals surface area (Å²) in [4.78, 5) is 12.9. The number of hydrogen-bond donors (Lipinski definition) is 1. The molecule has 0 saturated heterocycles. The number of rotatable bonds is 6. The first kappa shape index (κ1) is 21.9. The van der Waals surface area contributed by atoms with Gasteiger partial charge in [-0.3, -0.25) is 14.4 Å². The van der Waals surface area contributed by atoms with Gasteiger partial charge in [0.05, 0.1) is 11.9 Å². The maximum Gasteiger partial charge on any atom is 0.249 e. The Bertz CT molecular complexity index is 1170. The number of anilines is 2. The highest BCUT2D eigenvalue weighted by Crippen LogP contribution is 2.29. The van der Waals surface area contributed by atoms with Gasteiger partial charge in [-0.1, -0.05) is 53.3 Å². The van der Waals surface area contributed by atoms with Gasteiger partial charge >= 0.3 is 0 Å². The molecule has 1 aromatic heterocycles. The molecule has 0 radical (unpaired) electrons. The molecule has 0 saturated carbocycles. The van der Waals surface area contributed by atoms with Gasteiger partial charge in [-0.25, -0.2) is 8.42 Å². The van der Waals surface area contributed by atoms with Crippen molar-refractivity contribution in [1.29, 1.82) is 0 Å². The third-order valence-corrected chi connectivity index (χ3v) is 6.76. The van der Waals surface area contributed by atoms with E-state index in [0.717, 1.165) is 32.8 Å². The van der Waals surface area contributed by atoms with Crippen molar-refractivity contribution in [2.45, 2.75) is 33.7 Å². The Kier molecular flexibility index (Phi) is 6.23. The lowest BCUT2D eigenvalue weighted by molar-refractivity contribution is -0.116. The van der Waals surface area contributed by atoms with Crippen molar-refractivity contribution in [1.82, 2.24) is 10.2 Å². The molecule has 0 aliphatic rings. The number of nitrogens with one attached hydrogen (secondary N) is 1. The molecule has 30 heavy (non-hydrogen) atoms. The first-order chi connectivity index (χ1) is 14.1. The number of aryl methyl sites for hydroxylation is 3. The van der Waals surface area contributed by atoms with Gasteiger partial charge in [0.1, 0.15) is 11.0 Å². The summed E-state index contributed by atoms with van der Waals surface area (Å²) in [6, 6.07) is 12.4. The second-order valence-electron chi connectivity index (χ2n) is 7.29. The molecule has 9 heteroatoms. The molecule has 7 nitrogen and oxygen atoms in total. The van der Waals surface area contributed by atoms with Crippen molar-refractivity contribution >= 4 is 38.1 Å². The van der Waals surface area contributed by atoms with E-state index in [9.17, 15) is 13.2 Å². The highest BCUT2D eigenvalue weighted by atomic mass is 32.2. The Hall–Kier alpha value is -2.78. The predicted octanol–water partition coefficient (Wildman–Crippen LogP) is 3.92. The minimum Gasteiger partial charge on any atom is -0.299 e. The van der Waals surface area contributed by atoms with E-state index < -0.39 is 22.0 Å². The lowest BCUT2D eigenvalue weighted by Crippen LogP contribution is -2.45. The second-order valence-corrected chi connectivity index (χ2v) is 10.1. The minimum atomic E-state index is -3.70. The molecule has 1 atom stereocenters. The number of amides is 1. The normalized spacial score (nSPS) is 12.4. The molecule has 158 valence electrons. The molecule has 0 aliphatic carbocycles. The SMILES string of the molecule is Cc1ccc(-c2nnc(NC(=O)[C@H](C)N(c3cc(C)ccc3C)S(C)(=O)=O)s2)cc1. The molecule has 1 heterocycles. The smallest absolute Gasteiger partial charge is 0.249 e. The summed E-state index contributed by atoms with van der Waals surface area (Å²) in [5, 5.41) is 11.8. The summed E-state index contributed by atoms with van der Waals surface area (Å²) in [5.41, 5.74) is 4.20. The van der Waals surface area contributed by atoms with E-state index in [0.29, 0.717) is 15.8 Å². The maximum atomic E-state index is 12.9. The average molecular weight is 445 g/mol. The minimum absolute atomic E-state index is 0.317. The summed E-state index contributed by atoms with van der Waals surface area (Å²) in [5.74, 6) is -0.479. The van der Waals surface area contributed by atoms with Crippen molar-refractivity contribution in [3.8, 4) is 10.6 Å². The highest BCUT2D eigenvalue weighted by Gasteiger charge is 2.30. The number of nitrogens with zero attached hydrogens (tertiary/aromatic N) is 3. The van der Waals surface area contributed by atoms with Crippen LogP contribution in [-0.2, 0) is 14.8 Å². The number of carbonyl (C=O) groups is 1. The van der Waals surface area contributed by atoms with E-state index in [1.165, 1.54) is 11.3 Å². The lowest BCUT2D eigenvalue weighted by atomic mass is 10.1. The quantitative estimate of drug-likeness (QED) is 0.622. The Balaban J connectivity index is 1.84. The zero-order chi connectivity index (χ0) is 22.1. The van der Waals surface area contributed by atoms with Crippen molar-refractivity contribution in [2.75, 3.05) is 15.9 Å². The molecule has 0 spiro atoms. The molecule has 0 bridgehead atoms. The topological polar surface area (TPSA) is 92.3 Å². The molecule has 3 rings (SSSR count). The molecule has 2 aromatic carbocycles. The maximum absolute atomic E-state index is 12.9. The van der Waals surface area contributed by atoms with Gasteiger partial charge in [0.15, 0.2) is 0 Å². The Morgan fingerprint density at radius 3 is 2.30 bits per heavy atom. The van der Waals surface area contributed by atoms with Crippen LogP contribution in [0.1, 0.15) is 23.6 Å². The van der Waals surface area contributed by atoms with Gasteiger partial charge < -0.3 is 0 Å². The lowest BCUT2D eigenvalue weighted by Gasteiger charge is -2.29. The first-order valence-corrected chi connectivity index (χ1v) is 12.0. The highest BCUT2D eigenvalue weighted by molar-refractivity contribution is 7.92. The van der Waals surface area contributed by atoms with E-state index >= 15 is 0 Å². The largest absolute Gasteiger partial charge is 0.299 e. The van der Waals surface area contributed by atoms with E-state index in [2.05, 4.69) is 15.5 Å². The predicted molar refractivity (Wildman–Crippen MR) is 121 cm³/mol. The van der Waals surface area contributed by atoms with Crippen LogP contribution in [-0.4, -0.2) is 36.8 Å². The van der Waals surface area contributed by atoms with Gasteiger partial charge in [0, 0.05) is 5.56 Å². The molecule has 3 aromatic rings. The monoisotopic (exact) mass is 444 g/mol. The summed E-state index contributed by atoms with van der Waals surface area (Å²) in [6.07, 6.45) is 1.10. The number of hydrogen-bond acceptors (Lipinski definition) is 6. The third-order valence-electron chi connectivity index (χ3n) is 4.64. The van der Waals surface area contributed by atoms with E-state index in [1.54, 1.807) is 13.0 Å². The van der Waals surface area contributed by atoms with Crippen LogP contribution in [0.15, 0.2) is 42.5 Å². The Morgan fingerprint density at radius 1 is 1.03 bits per heavy atom. The summed E-state index contributed by atoms with van der Waals surface area (Å²) < 4.78 is 26.2. The van der Waals surface area contributed by atoms with Crippen LogP contribution in [0.5, 0.6) is 0 Å². The fraction of sp³-hybridized carbons (Fsp3) is 0.286. The van der Waals surface area contributed by atoms with Crippen LogP contribution in [0.4, 0.5) is 10.8 Å². The average Bonchev–Trinajstić information content (AvgIpc) is 3.12. The zero-order valence-corrected chi connectivity index (χ0v) is 19.1. The van der Waals surface area contributed by atoms with Crippen LogP contribution in [0.2, 0.25) is 0 Å². The van der Waals surface area contributed by atoms with Gasteiger partial charge in [-0.05, 0) is 44.9 Å². The molecule has 0 aliphatic heterocycles. The molecule has 0 unspecified atom stereocenters. The first-order valence-electron chi connectivity index (χ1n) is 9.34. The van der Waals surface area contributed by atoms with Gasteiger partial charge in [-0.15, -0.1) is 10.2 Å². The molecule has 1 N–H and O–H groups in total. The number of aromatic nitrogens is 2. The van der Waals surface area contributed by atoms with E-state index in [4.69, 9.17) is 0 Å². The van der Waals surface area contributed by atoms with Crippen molar-refractivity contribution in [3.63, 3.8) is 0 Å². The second kappa shape index (κ2) is 8.53. The number of carbonyl (C=O) groups excluding carboxylic acids is 1. The molecular weight excluding hydrogens is 420 g/mol. The summed E-state index contributed by atoms with van der Waals surface area (Å²) in [7, 11) is -3.70. The summed E-state index contributed by atoms with van der Waals surface area (Å²) in [6.45, 7) is 7.25. The van der Waals surface area contributed by atoms with Gasteiger partial charge in [-0.2, -0.15) is 0 Å². The fourth-order valence-electron chi connectivity index (χ4n) is 3.03. The van der Waals surface area contributed by atoms with E-state index in [1.807, 2.05) is 57.2 Å². The van der Waals surface area contributed by atoms with Crippen LogP contribution in [0, 0.1) is 20.8 Å². The molecule has 1 amide bonds. The third kappa shape index (κ3) is 4.85. The van der Waals surface area contributed by atoms with Crippen molar-refractivity contribution < 1.29 is 13.2 Å². The van der Waals surface area contributed by atoms with Crippen molar-refractivity contribution in [2.24, 2.45) is 0 Å². The van der Waals surface area contributed by atoms with Crippen LogP contribution >= 0.6 is 11.3 Å². The molecular formula is C21H24N4O3S2. The van der Waals surface area contributed by atoms with Crippen LogP contribution < -0.4 is 9.62 Å². The van der Waals surface area contributed by atoms with Crippen molar-refractivity contribution in [3.05, 3.63) is 59.2 Å². The van der Waals surface area contributed by atoms with E-state index in [-0.39, 0.29) is 0 Å². The Labute approximate surface area is 180 Å². The van der Waals surface area contributed by atoms with Crippen LogP contribution in [0.25, 0.3) is 10.6 Å². The number of sulfonamides is 1. The van der Waals surface area contributed by atoms with Gasteiger partial charge in [0.25, 0.3) is 0 Å². The molecule has 0 fully saturated rings. The zero-order valence-electron chi connectivity index (χ0n) is 17.5. The summed E-state index contributed by atoms with van der Waals surface area (Å²) >= 11 is 1.24.